The van der Waals surface area contributed by atoms with Crippen LogP contribution in [0.2, 0.25) is 19.6 Å². The summed E-state index contributed by atoms with van der Waals surface area (Å²) in [5.74, 6) is 0.164. The minimum Gasteiger partial charge on any atom is -0.872 e. The molecular formula is C18H40NiOP2Si+2. The number of hydrogen-bond donors (Lipinski definition) is 0. The Morgan fingerprint density at radius 3 is 1.13 bits per heavy atom. The van der Waals surface area contributed by atoms with E-state index < -0.39 is 8.07 Å². The van der Waals surface area contributed by atoms with Crippen LogP contribution in [0.25, 0.3) is 0 Å². The van der Waals surface area contributed by atoms with Gasteiger partial charge in [0, 0.05) is 40.0 Å². The maximum Gasteiger partial charge on any atom is 2.00 e. The van der Waals surface area contributed by atoms with Crippen LogP contribution in [0.1, 0.15) is 11.1 Å². The Labute approximate surface area is 160 Å². The zero-order chi connectivity index (χ0) is 18.5. The van der Waals surface area contributed by atoms with Crippen LogP contribution >= 0.6 is 15.8 Å². The second-order valence-corrected chi connectivity index (χ2v) is 18.9. The van der Waals surface area contributed by atoms with E-state index in [2.05, 4.69) is 66.2 Å². The number of para-hydroxylation sites is 1. The van der Waals surface area contributed by atoms with Gasteiger partial charge in [-0.2, -0.15) is 0 Å². The smallest absolute Gasteiger partial charge is 0.872 e. The number of hydrogen-bond acceptors (Lipinski definition) is 1. The Morgan fingerprint density at radius 1 is 0.826 bits per heavy atom. The van der Waals surface area contributed by atoms with Crippen molar-refractivity contribution in [3.63, 3.8) is 0 Å². The molecule has 23 heavy (non-hydrogen) atoms. The van der Waals surface area contributed by atoms with Gasteiger partial charge in [-0.05, 0) is 29.7 Å². The Morgan fingerprint density at radius 2 is 1.00 bits per heavy atom. The van der Waals surface area contributed by atoms with E-state index in [-0.39, 0.29) is 38.1 Å². The third-order valence-corrected chi connectivity index (χ3v) is 1.41. The Balaban J connectivity index is -0.000000112. The first kappa shape index (κ1) is 31.4. The van der Waals surface area contributed by atoms with Crippen LogP contribution < -0.4 is 5.11 Å². The molecule has 0 saturated carbocycles. The molecule has 0 aliphatic carbocycles. The van der Waals surface area contributed by atoms with Gasteiger partial charge in [0.15, 0.2) is 0 Å². The van der Waals surface area contributed by atoms with E-state index in [0.717, 1.165) is 11.1 Å². The van der Waals surface area contributed by atoms with Crippen LogP contribution in [0.4, 0.5) is 0 Å². The first-order chi connectivity index (χ1) is 9.68. The first-order valence-electron chi connectivity index (χ1n) is 7.80. The van der Waals surface area contributed by atoms with Crippen molar-refractivity contribution >= 4 is 23.9 Å². The van der Waals surface area contributed by atoms with Crippen molar-refractivity contribution in [1.82, 2.24) is 0 Å². The summed E-state index contributed by atoms with van der Waals surface area (Å²) < 4.78 is 0. The molecule has 0 aliphatic heterocycles. The van der Waals surface area contributed by atoms with Crippen molar-refractivity contribution in [2.24, 2.45) is 0 Å². The molecule has 0 fully saturated rings. The Kier molecular flexibility index (Phi) is 23.8. The summed E-state index contributed by atoms with van der Waals surface area (Å²) in [7, 11) is -0.620. The predicted molar refractivity (Wildman–Crippen MR) is 116 cm³/mol. The van der Waals surface area contributed by atoms with Gasteiger partial charge in [-0.15, -0.1) is 13.8 Å². The molecule has 0 heterocycles. The summed E-state index contributed by atoms with van der Waals surface area (Å²) in [6.07, 6.45) is 0. The molecule has 1 aromatic carbocycles. The van der Waals surface area contributed by atoms with Gasteiger partial charge in [-0.25, -0.2) is 0 Å². The SMILES string of the molecule is C[PH+](C)C.C[PH+](C)C.Cc1cccc(C)c1[O-].[CH2-][Si](C)(C)C.[Ni+2]. The van der Waals surface area contributed by atoms with E-state index in [1.54, 1.807) is 0 Å². The third kappa shape index (κ3) is 45.0. The zero-order valence-corrected chi connectivity index (χ0v) is 21.2. The largest absolute Gasteiger partial charge is 2.00 e. The molecule has 1 nitrogen and oxygen atoms in total. The third-order valence-electron chi connectivity index (χ3n) is 1.41. The maximum atomic E-state index is 11.0. The van der Waals surface area contributed by atoms with Crippen LogP contribution in [0.5, 0.6) is 5.75 Å². The van der Waals surface area contributed by atoms with Crippen molar-refractivity contribution in [3.8, 4) is 5.75 Å². The summed E-state index contributed by atoms with van der Waals surface area (Å²) in [6, 6.07) is 5.55. The summed E-state index contributed by atoms with van der Waals surface area (Å²) in [6.45, 7) is 27.8. The molecule has 5 heteroatoms. The standard InChI is InChI=1S/C8H10O.C4H11Si.2C3H9P.Ni/c1-6-4-3-5-7(2)8(6)9;1-5(2,3)4;2*1-4(2)3;/h3-5,9H,1-2H3;1H2,2-4H3;2*1-3H3;/q;-1;;;+2/p+1. The summed E-state index contributed by atoms with van der Waals surface area (Å²) in [4.78, 5) is 0. The van der Waals surface area contributed by atoms with Crippen molar-refractivity contribution in [1.29, 1.82) is 0 Å². The average molecular weight is 421 g/mol. The fraction of sp³-hybridized carbons (Fsp3) is 0.611. The molecule has 0 unspecified atom stereocenters. The first-order valence-corrected chi connectivity index (χ1v) is 17.5. The molecule has 0 bridgehead atoms. The fourth-order valence-electron chi connectivity index (χ4n) is 0.799. The molecule has 0 atom stereocenters. The van der Waals surface area contributed by atoms with Crippen LogP contribution in [0.15, 0.2) is 18.2 Å². The Hall–Kier alpha value is 0.590. The van der Waals surface area contributed by atoms with E-state index in [4.69, 9.17) is 0 Å². The van der Waals surface area contributed by atoms with Gasteiger partial charge < -0.3 is 11.7 Å². The summed E-state index contributed by atoms with van der Waals surface area (Å²) in [5.41, 5.74) is 1.66. The van der Waals surface area contributed by atoms with Gasteiger partial charge in [0.1, 0.15) is 0 Å². The van der Waals surface area contributed by atoms with E-state index in [1.807, 2.05) is 32.0 Å². The van der Waals surface area contributed by atoms with E-state index >= 15 is 0 Å². The second-order valence-electron chi connectivity index (χ2n) is 7.78. The van der Waals surface area contributed by atoms with Crippen LogP contribution in [0, 0.1) is 20.4 Å². The molecule has 1 rings (SSSR count). The summed E-state index contributed by atoms with van der Waals surface area (Å²) in [5, 5.41) is 11.0. The maximum absolute atomic E-state index is 11.0. The molecule has 0 N–H and O–H groups in total. The van der Waals surface area contributed by atoms with Gasteiger partial charge in [0.25, 0.3) is 0 Å². The number of aryl methyl sites for hydroxylation is 2. The van der Waals surface area contributed by atoms with Crippen molar-refractivity contribution < 1.29 is 21.6 Å². The minimum atomic E-state index is -0.861. The van der Waals surface area contributed by atoms with Crippen LogP contribution in [-0.4, -0.2) is 48.1 Å². The van der Waals surface area contributed by atoms with Crippen molar-refractivity contribution in [2.45, 2.75) is 33.5 Å². The van der Waals surface area contributed by atoms with E-state index in [0.29, 0.717) is 0 Å². The normalized spacial score (nSPS) is 9.48. The zero-order valence-electron chi connectivity index (χ0n) is 17.2. The van der Waals surface area contributed by atoms with E-state index in [9.17, 15) is 5.11 Å². The van der Waals surface area contributed by atoms with Crippen molar-refractivity contribution in [2.75, 3.05) is 40.0 Å². The summed E-state index contributed by atoms with van der Waals surface area (Å²) >= 11 is 0. The molecule has 1 aromatic rings. The second kappa shape index (κ2) is 17.4. The molecule has 0 saturated heterocycles. The Bertz CT molecular complexity index is 340. The number of benzene rings is 1. The van der Waals surface area contributed by atoms with Crippen molar-refractivity contribution in [3.05, 3.63) is 35.9 Å². The molecule has 140 valence electrons. The fourth-order valence-corrected chi connectivity index (χ4v) is 0.799. The topological polar surface area (TPSA) is 23.1 Å². The van der Waals surface area contributed by atoms with Gasteiger partial charge >= 0.3 is 16.5 Å². The quantitative estimate of drug-likeness (QED) is 0.319. The van der Waals surface area contributed by atoms with Gasteiger partial charge in [-0.1, -0.05) is 49.0 Å². The predicted octanol–water partition coefficient (Wildman–Crippen LogP) is 5.25. The molecular weight excluding hydrogens is 381 g/mol. The molecule has 0 amide bonds. The van der Waals surface area contributed by atoms with Crippen LogP contribution in [0.3, 0.4) is 0 Å². The monoisotopic (exact) mass is 420 g/mol. The molecule has 0 radical (unpaired) electrons. The van der Waals surface area contributed by atoms with Gasteiger partial charge in [0.05, 0.1) is 0 Å². The van der Waals surface area contributed by atoms with Gasteiger partial charge in [-0.3, -0.25) is 0 Å². The molecule has 0 aliphatic rings. The number of rotatable bonds is 0. The van der Waals surface area contributed by atoms with E-state index in [1.165, 1.54) is 0 Å². The van der Waals surface area contributed by atoms with Gasteiger partial charge in [0.2, 0.25) is 0 Å². The minimum absolute atomic E-state index is 0. The molecule has 0 spiro atoms. The average Bonchev–Trinajstić information content (AvgIpc) is 2.21. The van der Waals surface area contributed by atoms with Crippen LogP contribution in [-0.2, 0) is 16.5 Å². The molecule has 0 aromatic heterocycles.